The summed E-state index contributed by atoms with van der Waals surface area (Å²) < 4.78 is 12.6. The van der Waals surface area contributed by atoms with Crippen molar-refractivity contribution in [3.63, 3.8) is 0 Å². The second-order valence-corrected chi connectivity index (χ2v) is 6.80. The monoisotopic (exact) mass is 404 g/mol. The van der Waals surface area contributed by atoms with Crippen LogP contribution in [0.1, 0.15) is 6.42 Å². The van der Waals surface area contributed by atoms with Crippen LogP contribution in [0.5, 0.6) is 11.5 Å². The molecule has 2 aromatic heterocycles. The Kier molecular flexibility index (Phi) is 5.81. The number of aliphatic hydroxyl groups excluding tert-OH is 1. The van der Waals surface area contributed by atoms with E-state index in [2.05, 4.69) is 5.32 Å². The summed E-state index contributed by atoms with van der Waals surface area (Å²) in [4.78, 5) is 4.81. The van der Waals surface area contributed by atoms with Crippen molar-refractivity contribution < 1.29 is 14.6 Å². The lowest BCUT2D eigenvalue weighted by molar-refractivity contribution is 0.292. The van der Waals surface area contributed by atoms with Gasteiger partial charge in [-0.15, -0.1) is 0 Å². The standard InChI is InChI=1S/C23H24N4O3/c1-29-18-11-17(12-19(13-18)30-2)21-15-23-25-20(16-7-4-3-5-8-16)14-22(27(23)26-21)24-9-6-10-28/h3-5,7-8,11-15,24,28H,6,9-10H2,1-2H3. The molecule has 7 nitrogen and oxygen atoms in total. The zero-order valence-electron chi connectivity index (χ0n) is 17.0. The summed E-state index contributed by atoms with van der Waals surface area (Å²) in [7, 11) is 3.25. The molecular weight excluding hydrogens is 380 g/mol. The van der Waals surface area contributed by atoms with E-state index < -0.39 is 0 Å². The topological polar surface area (TPSA) is 80.9 Å². The van der Waals surface area contributed by atoms with E-state index in [1.165, 1.54) is 0 Å². The number of ether oxygens (including phenoxy) is 2. The number of methoxy groups -OCH3 is 2. The number of anilines is 1. The van der Waals surface area contributed by atoms with Crippen LogP contribution in [-0.4, -0.2) is 47.1 Å². The fourth-order valence-electron chi connectivity index (χ4n) is 3.25. The Bertz CT molecular complexity index is 1120. The minimum Gasteiger partial charge on any atom is -0.497 e. The molecule has 0 atom stereocenters. The van der Waals surface area contributed by atoms with E-state index in [9.17, 15) is 0 Å². The maximum Gasteiger partial charge on any atom is 0.158 e. The van der Waals surface area contributed by atoms with Crippen LogP contribution in [0.4, 0.5) is 5.82 Å². The van der Waals surface area contributed by atoms with Gasteiger partial charge in [0.05, 0.1) is 25.6 Å². The number of hydrogen-bond acceptors (Lipinski definition) is 6. The summed E-state index contributed by atoms with van der Waals surface area (Å²) >= 11 is 0. The number of aliphatic hydroxyl groups is 1. The van der Waals surface area contributed by atoms with Gasteiger partial charge >= 0.3 is 0 Å². The lowest BCUT2D eigenvalue weighted by atomic mass is 10.1. The third-order valence-corrected chi connectivity index (χ3v) is 4.78. The van der Waals surface area contributed by atoms with Crippen LogP contribution in [0.15, 0.2) is 60.7 Å². The number of fused-ring (bicyclic) bond motifs is 1. The number of rotatable bonds is 8. The van der Waals surface area contributed by atoms with Gasteiger partial charge in [0, 0.05) is 42.5 Å². The highest BCUT2D eigenvalue weighted by Gasteiger charge is 2.13. The van der Waals surface area contributed by atoms with E-state index in [0.29, 0.717) is 24.5 Å². The van der Waals surface area contributed by atoms with Crippen molar-refractivity contribution in [2.45, 2.75) is 6.42 Å². The number of benzene rings is 2. The molecule has 4 rings (SSSR count). The largest absolute Gasteiger partial charge is 0.497 e. The van der Waals surface area contributed by atoms with Crippen molar-refractivity contribution >= 4 is 11.5 Å². The van der Waals surface area contributed by atoms with Crippen LogP contribution in [-0.2, 0) is 0 Å². The molecule has 0 saturated carbocycles. The molecule has 0 aliphatic heterocycles. The van der Waals surface area contributed by atoms with Crippen LogP contribution in [0, 0.1) is 0 Å². The molecule has 0 bridgehead atoms. The van der Waals surface area contributed by atoms with E-state index in [1.54, 1.807) is 18.7 Å². The maximum atomic E-state index is 9.14. The van der Waals surface area contributed by atoms with E-state index >= 15 is 0 Å². The Balaban J connectivity index is 1.83. The summed E-state index contributed by atoms with van der Waals surface area (Å²) in [6, 6.07) is 19.6. The second kappa shape index (κ2) is 8.84. The van der Waals surface area contributed by atoms with Gasteiger partial charge in [-0.25, -0.2) is 4.98 Å². The smallest absolute Gasteiger partial charge is 0.158 e. The molecule has 0 aliphatic carbocycles. The van der Waals surface area contributed by atoms with Crippen LogP contribution in [0.3, 0.4) is 0 Å². The van der Waals surface area contributed by atoms with Crippen LogP contribution >= 0.6 is 0 Å². The number of hydrogen-bond donors (Lipinski definition) is 2. The first-order valence-electron chi connectivity index (χ1n) is 9.76. The molecule has 0 aliphatic rings. The molecule has 0 radical (unpaired) electrons. The molecule has 0 unspecified atom stereocenters. The van der Waals surface area contributed by atoms with Gasteiger partial charge in [0.25, 0.3) is 0 Å². The molecule has 154 valence electrons. The molecule has 4 aromatic rings. The fourth-order valence-corrected chi connectivity index (χ4v) is 3.25. The zero-order valence-corrected chi connectivity index (χ0v) is 17.0. The van der Waals surface area contributed by atoms with Gasteiger partial charge in [0.1, 0.15) is 17.3 Å². The first kappa shape index (κ1) is 19.7. The first-order chi connectivity index (χ1) is 14.7. The average molecular weight is 404 g/mol. The highest BCUT2D eigenvalue weighted by molar-refractivity contribution is 5.72. The van der Waals surface area contributed by atoms with Crippen molar-refractivity contribution in [2.75, 3.05) is 32.7 Å². The van der Waals surface area contributed by atoms with Crippen molar-refractivity contribution in [1.82, 2.24) is 14.6 Å². The second-order valence-electron chi connectivity index (χ2n) is 6.80. The molecule has 0 saturated heterocycles. The maximum absolute atomic E-state index is 9.14. The van der Waals surface area contributed by atoms with Gasteiger partial charge in [-0.2, -0.15) is 9.61 Å². The minimum atomic E-state index is 0.126. The highest BCUT2D eigenvalue weighted by atomic mass is 16.5. The number of aromatic nitrogens is 3. The van der Waals surface area contributed by atoms with E-state index in [1.807, 2.05) is 60.7 Å². The van der Waals surface area contributed by atoms with Gasteiger partial charge in [-0.3, -0.25) is 0 Å². The lowest BCUT2D eigenvalue weighted by Gasteiger charge is -2.10. The van der Waals surface area contributed by atoms with Gasteiger partial charge < -0.3 is 19.9 Å². The van der Waals surface area contributed by atoms with Crippen LogP contribution < -0.4 is 14.8 Å². The van der Waals surface area contributed by atoms with Gasteiger partial charge in [0.2, 0.25) is 0 Å². The third-order valence-electron chi connectivity index (χ3n) is 4.78. The summed E-state index contributed by atoms with van der Waals surface area (Å²) in [6.07, 6.45) is 0.645. The SMILES string of the molecule is COc1cc(OC)cc(-c2cc3nc(-c4ccccc4)cc(NCCCO)n3n2)c1. The summed E-state index contributed by atoms with van der Waals surface area (Å²) in [5, 5.41) is 17.3. The number of nitrogens with one attached hydrogen (secondary N) is 1. The van der Waals surface area contributed by atoms with Gasteiger partial charge in [0.15, 0.2) is 5.65 Å². The van der Waals surface area contributed by atoms with Crippen LogP contribution in [0.25, 0.3) is 28.2 Å². The van der Waals surface area contributed by atoms with Crippen LogP contribution in [0.2, 0.25) is 0 Å². The Morgan fingerprint density at radius 3 is 2.30 bits per heavy atom. The third kappa shape index (κ3) is 4.06. The Morgan fingerprint density at radius 2 is 1.63 bits per heavy atom. The highest BCUT2D eigenvalue weighted by Crippen LogP contribution is 2.31. The van der Waals surface area contributed by atoms with Crippen molar-refractivity contribution in [3.05, 3.63) is 60.7 Å². The summed E-state index contributed by atoms with van der Waals surface area (Å²) in [5.41, 5.74) is 4.23. The minimum absolute atomic E-state index is 0.126. The zero-order chi connectivity index (χ0) is 20.9. The Labute approximate surface area is 174 Å². The summed E-state index contributed by atoms with van der Waals surface area (Å²) in [6.45, 7) is 0.757. The Hall–Kier alpha value is -3.58. The van der Waals surface area contributed by atoms with Crippen molar-refractivity contribution in [3.8, 4) is 34.0 Å². The normalized spacial score (nSPS) is 10.9. The molecule has 2 N–H and O–H groups in total. The predicted octanol–water partition coefficient (Wildman–Crippen LogP) is 3.87. The molecule has 2 aromatic carbocycles. The van der Waals surface area contributed by atoms with Gasteiger partial charge in [-0.05, 0) is 18.6 Å². The van der Waals surface area contributed by atoms with Gasteiger partial charge in [-0.1, -0.05) is 30.3 Å². The molecule has 0 spiro atoms. The van der Waals surface area contributed by atoms with E-state index in [0.717, 1.165) is 34.0 Å². The fraction of sp³-hybridized carbons (Fsp3) is 0.217. The average Bonchev–Trinajstić information content (AvgIpc) is 3.24. The summed E-state index contributed by atoms with van der Waals surface area (Å²) in [5.74, 6) is 2.20. The Morgan fingerprint density at radius 1 is 0.900 bits per heavy atom. The van der Waals surface area contributed by atoms with Crippen molar-refractivity contribution in [1.29, 1.82) is 0 Å². The van der Waals surface area contributed by atoms with E-state index in [-0.39, 0.29) is 6.61 Å². The molecule has 0 amide bonds. The first-order valence-corrected chi connectivity index (χ1v) is 9.76. The quantitative estimate of drug-likeness (QED) is 0.434. The molecule has 7 heteroatoms. The molecule has 0 fully saturated rings. The van der Waals surface area contributed by atoms with Crippen molar-refractivity contribution in [2.24, 2.45) is 0 Å². The molecule has 30 heavy (non-hydrogen) atoms. The molecule has 2 heterocycles. The number of nitrogens with zero attached hydrogens (tertiary/aromatic N) is 3. The molecular formula is C23H24N4O3. The predicted molar refractivity (Wildman–Crippen MR) is 117 cm³/mol. The van der Waals surface area contributed by atoms with E-state index in [4.69, 9.17) is 24.7 Å². The lowest BCUT2D eigenvalue weighted by Crippen LogP contribution is -2.09.